The number of halogens is 1. The van der Waals surface area contributed by atoms with Gasteiger partial charge in [-0.25, -0.2) is 9.97 Å². The van der Waals surface area contributed by atoms with Crippen LogP contribution in [0.15, 0.2) is 30.3 Å². The summed E-state index contributed by atoms with van der Waals surface area (Å²) < 4.78 is 0. The summed E-state index contributed by atoms with van der Waals surface area (Å²) in [5.41, 5.74) is 1.38. The van der Waals surface area contributed by atoms with Crippen molar-refractivity contribution in [2.75, 3.05) is 11.9 Å². The third kappa shape index (κ3) is 2.89. The first kappa shape index (κ1) is 14.3. The standard InChI is InChI=1S/C15H15ClN4/c1-10(2)15-18-13(16)8-14(19-15)20(3)12-7-5-4-6-11(12)9-17/h4-8,10H,1-3H3. The highest BCUT2D eigenvalue weighted by molar-refractivity contribution is 6.29. The monoisotopic (exact) mass is 286 g/mol. The Morgan fingerprint density at radius 1 is 1.25 bits per heavy atom. The summed E-state index contributed by atoms with van der Waals surface area (Å²) in [7, 11) is 1.86. The third-order valence-corrected chi connectivity index (χ3v) is 3.14. The quantitative estimate of drug-likeness (QED) is 0.803. The molecule has 2 aromatic rings. The van der Waals surface area contributed by atoms with E-state index in [1.165, 1.54) is 0 Å². The highest BCUT2D eigenvalue weighted by atomic mass is 35.5. The zero-order valence-electron chi connectivity index (χ0n) is 11.6. The van der Waals surface area contributed by atoms with E-state index in [2.05, 4.69) is 16.0 Å². The third-order valence-electron chi connectivity index (χ3n) is 2.94. The van der Waals surface area contributed by atoms with Gasteiger partial charge in [-0.1, -0.05) is 37.6 Å². The number of anilines is 2. The van der Waals surface area contributed by atoms with Crippen molar-refractivity contribution < 1.29 is 0 Å². The van der Waals surface area contributed by atoms with Gasteiger partial charge in [0.25, 0.3) is 0 Å². The van der Waals surface area contributed by atoms with E-state index < -0.39 is 0 Å². The van der Waals surface area contributed by atoms with Crippen LogP contribution < -0.4 is 4.90 Å². The number of hydrogen-bond acceptors (Lipinski definition) is 4. The maximum atomic E-state index is 9.18. The van der Waals surface area contributed by atoms with Gasteiger partial charge in [0.2, 0.25) is 0 Å². The molecule has 0 saturated heterocycles. The van der Waals surface area contributed by atoms with Crippen LogP contribution in [0.3, 0.4) is 0 Å². The van der Waals surface area contributed by atoms with Crippen LogP contribution in [0.25, 0.3) is 0 Å². The highest BCUT2D eigenvalue weighted by Crippen LogP contribution is 2.27. The summed E-state index contributed by atoms with van der Waals surface area (Å²) in [5.74, 6) is 1.55. The van der Waals surface area contributed by atoms with E-state index in [0.29, 0.717) is 22.4 Å². The minimum atomic E-state index is 0.187. The van der Waals surface area contributed by atoms with Crippen molar-refractivity contribution in [1.82, 2.24) is 9.97 Å². The Balaban J connectivity index is 2.48. The number of aromatic nitrogens is 2. The van der Waals surface area contributed by atoms with Gasteiger partial charge in [0.05, 0.1) is 11.3 Å². The molecule has 0 N–H and O–H groups in total. The van der Waals surface area contributed by atoms with Crippen LogP contribution >= 0.6 is 11.6 Å². The normalized spacial score (nSPS) is 10.4. The Hall–Kier alpha value is -2.12. The largest absolute Gasteiger partial charge is 0.328 e. The van der Waals surface area contributed by atoms with Gasteiger partial charge < -0.3 is 4.90 Å². The van der Waals surface area contributed by atoms with Gasteiger partial charge in [0.15, 0.2) is 0 Å². The molecule has 1 aromatic carbocycles. The Labute approximate surface area is 123 Å². The number of benzene rings is 1. The average molecular weight is 287 g/mol. The molecule has 102 valence electrons. The van der Waals surface area contributed by atoms with Gasteiger partial charge in [-0.3, -0.25) is 0 Å². The van der Waals surface area contributed by atoms with Crippen molar-refractivity contribution in [1.29, 1.82) is 5.26 Å². The first-order chi connectivity index (χ1) is 9.52. The Morgan fingerprint density at radius 3 is 2.60 bits per heavy atom. The maximum absolute atomic E-state index is 9.18. The van der Waals surface area contributed by atoms with E-state index in [9.17, 15) is 5.26 Å². The number of nitriles is 1. The molecule has 2 rings (SSSR count). The van der Waals surface area contributed by atoms with E-state index in [4.69, 9.17) is 11.6 Å². The molecular formula is C15H15ClN4. The van der Waals surface area contributed by atoms with Gasteiger partial charge in [-0.15, -0.1) is 0 Å². The zero-order valence-corrected chi connectivity index (χ0v) is 12.4. The van der Waals surface area contributed by atoms with E-state index in [1.807, 2.05) is 44.0 Å². The van der Waals surface area contributed by atoms with E-state index in [0.717, 1.165) is 5.69 Å². The van der Waals surface area contributed by atoms with Crippen LogP contribution in [0.4, 0.5) is 11.5 Å². The highest BCUT2D eigenvalue weighted by Gasteiger charge is 2.13. The lowest BCUT2D eigenvalue weighted by atomic mass is 10.2. The molecule has 0 amide bonds. The molecule has 0 aliphatic carbocycles. The average Bonchev–Trinajstić information content (AvgIpc) is 2.45. The second-order valence-electron chi connectivity index (χ2n) is 4.75. The Morgan fingerprint density at radius 2 is 1.95 bits per heavy atom. The van der Waals surface area contributed by atoms with Gasteiger partial charge >= 0.3 is 0 Å². The Kier molecular flexibility index (Phi) is 4.21. The second-order valence-corrected chi connectivity index (χ2v) is 5.14. The van der Waals surface area contributed by atoms with Crippen molar-refractivity contribution >= 4 is 23.1 Å². The molecule has 1 heterocycles. The molecular weight excluding hydrogens is 272 g/mol. The topological polar surface area (TPSA) is 52.8 Å². The van der Waals surface area contributed by atoms with Crippen LogP contribution in [0.1, 0.15) is 31.2 Å². The fourth-order valence-corrected chi connectivity index (χ4v) is 2.02. The van der Waals surface area contributed by atoms with E-state index in [-0.39, 0.29) is 5.92 Å². The smallest absolute Gasteiger partial charge is 0.138 e. The summed E-state index contributed by atoms with van der Waals surface area (Å²) >= 11 is 6.06. The molecule has 20 heavy (non-hydrogen) atoms. The molecule has 0 saturated carbocycles. The van der Waals surface area contributed by atoms with Crippen LogP contribution in [-0.2, 0) is 0 Å². The summed E-state index contributed by atoms with van der Waals surface area (Å²) in [6.45, 7) is 4.03. The maximum Gasteiger partial charge on any atom is 0.138 e. The molecule has 0 bridgehead atoms. The molecule has 0 atom stereocenters. The number of hydrogen-bond donors (Lipinski definition) is 0. The lowest BCUT2D eigenvalue weighted by Crippen LogP contribution is -2.14. The van der Waals surface area contributed by atoms with Crippen molar-refractivity contribution in [3.8, 4) is 6.07 Å². The van der Waals surface area contributed by atoms with Crippen molar-refractivity contribution in [3.05, 3.63) is 46.9 Å². The lowest BCUT2D eigenvalue weighted by Gasteiger charge is -2.20. The number of para-hydroxylation sites is 1. The van der Waals surface area contributed by atoms with E-state index >= 15 is 0 Å². The predicted molar refractivity (Wildman–Crippen MR) is 80.4 cm³/mol. The van der Waals surface area contributed by atoms with E-state index in [1.54, 1.807) is 12.1 Å². The minimum absolute atomic E-state index is 0.187. The van der Waals surface area contributed by atoms with Gasteiger partial charge in [0.1, 0.15) is 22.9 Å². The molecule has 0 fully saturated rings. The molecule has 0 spiro atoms. The number of nitrogens with zero attached hydrogens (tertiary/aromatic N) is 4. The minimum Gasteiger partial charge on any atom is -0.328 e. The summed E-state index contributed by atoms with van der Waals surface area (Å²) in [4.78, 5) is 10.6. The molecule has 0 unspecified atom stereocenters. The van der Waals surface area contributed by atoms with Crippen molar-refractivity contribution in [3.63, 3.8) is 0 Å². The molecule has 5 heteroatoms. The predicted octanol–water partition coefficient (Wildman–Crippen LogP) is 3.89. The second kappa shape index (κ2) is 5.89. The van der Waals surface area contributed by atoms with Crippen molar-refractivity contribution in [2.24, 2.45) is 0 Å². The van der Waals surface area contributed by atoms with Gasteiger partial charge in [-0.05, 0) is 12.1 Å². The molecule has 4 nitrogen and oxygen atoms in total. The van der Waals surface area contributed by atoms with Crippen LogP contribution in [0.2, 0.25) is 5.15 Å². The van der Waals surface area contributed by atoms with Crippen molar-refractivity contribution in [2.45, 2.75) is 19.8 Å². The summed E-state index contributed by atoms with van der Waals surface area (Å²) in [5, 5.41) is 9.58. The molecule has 0 aliphatic heterocycles. The fourth-order valence-electron chi connectivity index (χ4n) is 1.84. The molecule has 1 aromatic heterocycles. The van der Waals surface area contributed by atoms with Gasteiger partial charge in [-0.2, -0.15) is 5.26 Å². The fraction of sp³-hybridized carbons (Fsp3) is 0.267. The first-order valence-electron chi connectivity index (χ1n) is 6.30. The zero-order chi connectivity index (χ0) is 14.7. The van der Waals surface area contributed by atoms with Crippen LogP contribution in [0.5, 0.6) is 0 Å². The van der Waals surface area contributed by atoms with Gasteiger partial charge in [0, 0.05) is 19.0 Å². The van der Waals surface area contributed by atoms with Crippen LogP contribution in [0, 0.1) is 11.3 Å². The van der Waals surface area contributed by atoms with Crippen LogP contribution in [-0.4, -0.2) is 17.0 Å². The summed E-state index contributed by atoms with van der Waals surface area (Å²) in [6, 6.07) is 11.3. The number of rotatable bonds is 3. The lowest BCUT2D eigenvalue weighted by molar-refractivity contribution is 0.772. The molecule has 0 aliphatic rings. The Bertz CT molecular complexity index is 661. The molecule has 0 radical (unpaired) electrons. The first-order valence-corrected chi connectivity index (χ1v) is 6.68. The SMILES string of the molecule is CC(C)c1nc(Cl)cc(N(C)c2ccccc2C#N)n1. The summed E-state index contributed by atoms with van der Waals surface area (Å²) in [6.07, 6.45) is 0.